The number of thioether (sulfide) groups is 1. The summed E-state index contributed by atoms with van der Waals surface area (Å²) in [6.45, 7) is 1.34. The van der Waals surface area contributed by atoms with Crippen molar-refractivity contribution in [1.29, 1.82) is 0 Å². The molecule has 0 aliphatic carbocycles. The highest BCUT2D eigenvalue weighted by Gasteiger charge is 2.20. The third-order valence-electron chi connectivity index (χ3n) is 4.16. The Hall–Kier alpha value is -3.47. The molecular weight excluding hydrogens is 392 g/mol. The summed E-state index contributed by atoms with van der Waals surface area (Å²) in [5.74, 6) is 0.960. The number of aromatic amines is 1. The number of carbonyl (C=O) groups is 2. The molecule has 0 radical (unpaired) electrons. The summed E-state index contributed by atoms with van der Waals surface area (Å²) < 4.78 is 0. The zero-order valence-electron chi connectivity index (χ0n) is 15.3. The van der Waals surface area contributed by atoms with Crippen molar-refractivity contribution >= 4 is 40.6 Å². The molecule has 3 aromatic heterocycles. The average Bonchev–Trinajstić information content (AvgIpc) is 3.26. The van der Waals surface area contributed by atoms with Gasteiger partial charge in [0.2, 0.25) is 0 Å². The number of H-pyrrole nitrogens is 1. The van der Waals surface area contributed by atoms with Crippen LogP contribution in [-0.4, -0.2) is 62.1 Å². The van der Waals surface area contributed by atoms with Crippen molar-refractivity contribution in [2.24, 2.45) is 0 Å². The van der Waals surface area contributed by atoms with Crippen molar-refractivity contribution in [3.8, 4) is 0 Å². The summed E-state index contributed by atoms with van der Waals surface area (Å²) in [5.41, 5.74) is 1.65. The Morgan fingerprint density at radius 3 is 2.79 bits per heavy atom. The Morgan fingerprint density at radius 1 is 1.10 bits per heavy atom. The van der Waals surface area contributed by atoms with E-state index in [0.717, 1.165) is 11.3 Å². The molecule has 1 aliphatic heterocycles. The molecule has 3 N–H and O–H groups in total. The van der Waals surface area contributed by atoms with Crippen LogP contribution in [0.4, 0.5) is 5.82 Å². The number of hydrogen-bond acceptors (Lipinski definition) is 8. The molecule has 11 heteroatoms. The second-order valence-corrected chi connectivity index (χ2v) is 7.20. The first-order valence-electron chi connectivity index (χ1n) is 8.95. The van der Waals surface area contributed by atoms with Gasteiger partial charge in [0.15, 0.2) is 11.5 Å². The van der Waals surface area contributed by atoms with E-state index in [1.807, 2.05) is 4.90 Å². The molecule has 0 unspecified atom stereocenters. The number of imidazole rings is 1. The summed E-state index contributed by atoms with van der Waals surface area (Å²) in [6.07, 6.45) is 6.36. The molecule has 0 aromatic carbocycles. The monoisotopic (exact) mass is 410 g/mol. The highest BCUT2D eigenvalue weighted by molar-refractivity contribution is 8.04. The molecule has 3 aromatic rings. The van der Waals surface area contributed by atoms with Crippen LogP contribution in [0.1, 0.15) is 10.5 Å². The predicted molar refractivity (Wildman–Crippen MR) is 109 cm³/mol. The minimum absolute atomic E-state index is 0.193. The number of hydrogen-bond donors (Lipinski definition) is 3. The van der Waals surface area contributed by atoms with E-state index in [0.29, 0.717) is 41.7 Å². The highest BCUT2D eigenvalue weighted by Crippen LogP contribution is 2.27. The fraction of sp³-hybridized carbons (Fsp3) is 0.222. The number of rotatable bonds is 6. The number of carbonyl (C=O) groups excluding carboxylic acids is 2. The van der Waals surface area contributed by atoms with Gasteiger partial charge in [0, 0.05) is 37.8 Å². The van der Waals surface area contributed by atoms with Crippen molar-refractivity contribution < 1.29 is 9.59 Å². The van der Waals surface area contributed by atoms with Crippen LogP contribution in [0.25, 0.3) is 11.2 Å². The third-order valence-corrected chi connectivity index (χ3v) is 5.14. The zero-order valence-corrected chi connectivity index (χ0v) is 16.1. The lowest BCUT2D eigenvalue weighted by Gasteiger charge is -2.25. The van der Waals surface area contributed by atoms with Crippen LogP contribution >= 0.6 is 11.8 Å². The van der Waals surface area contributed by atoms with E-state index in [2.05, 4.69) is 35.6 Å². The van der Waals surface area contributed by atoms with Crippen LogP contribution < -0.4 is 15.5 Å². The SMILES string of the molecule is O=C(NCCNC(=O)c1ccccn1)C1=CN(c2ncnc3nc[nH]c23)CCS1. The van der Waals surface area contributed by atoms with Gasteiger partial charge in [0.05, 0.1) is 11.2 Å². The van der Waals surface area contributed by atoms with Crippen molar-refractivity contribution in [1.82, 2.24) is 35.6 Å². The third kappa shape index (κ3) is 4.35. The summed E-state index contributed by atoms with van der Waals surface area (Å²) in [7, 11) is 0. The molecule has 148 valence electrons. The van der Waals surface area contributed by atoms with Gasteiger partial charge in [-0.1, -0.05) is 6.07 Å². The number of amides is 2. The lowest BCUT2D eigenvalue weighted by molar-refractivity contribution is -0.116. The van der Waals surface area contributed by atoms with Crippen LogP contribution in [0.5, 0.6) is 0 Å². The Kier molecular flexibility index (Phi) is 5.66. The molecule has 0 bridgehead atoms. The van der Waals surface area contributed by atoms with Crippen LogP contribution in [-0.2, 0) is 4.79 Å². The predicted octanol–water partition coefficient (Wildman–Crippen LogP) is 0.689. The maximum absolute atomic E-state index is 12.5. The van der Waals surface area contributed by atoms with Crippen LogP contribution in [0.15, 0.2) is 48.2 Å². The number of nitrogens with one attached hydrogen (secondary N) is 3. The van der Waals surface area contributed by atoms with Crippen molar-refractivity contribution in [3.05, 3.63) is 53.8 Å². The van der Waals surface area contributed by atoms with Gasteiger partial charge in [0.25, 0.3) is 11.8 Å². The van der Waals surface area contributed by atoms with Gasteiger partial charge in [-0.15, -0.1) is 11.8 Å². The minimum atomic E-state index is -0.274. The van der Waals surface area contributed by atoms with E-state index in [1.165, 1.54) is 18.1 Å². The summed E-state index contributed by atoms with van der Waals surface area (Å²) >= 11 is 1.48. The van der Waals surface area contributed by atoms with Crippen molar-refractivity contribution in [3.63, 3.8) is 0 Å². The second-order valence-electron chi connectivity index (χ2n) is 6.06. The minimum Gasteiger partial charge on any atom is -0.350 e. The Balaban J connectivity index is 1.34. The van der Waals surface area contributed by atoms with E-state index < -0.39 is 0 Å². The zero-order chi connectivity index (χ0) is 20.1. The lowest BCUT2D eigenvalue weighted by Crippen LogP contribution is -2.36. The highest BCUT2D eigenvalue weighted by atomic mass is 32.2. The molecule has 10 nitrogen and oxygen atoms in total. The van der Waals surface area contributed by atoms with Gasteiger partial charge in [-0.05, 0) is 12.1 Å². The summed E-state index contributed by atoms with van der Waals surface area (Å²) in [4.78, 5) is 46.5. The van der Waals surface area contributed by atoms with E-state index in [-0.39, 0.29) is 11.8 Å². The van der Waals surface area contributed by atoms with Gasteiger partial charge in [-0.25, -0.2) is 15.0 Å². The number of aromatic nitrogens is 5. The molecule has 0 saturated carbocycles. The van der Waals surface area contributed by atoms with Crippen LogP contribution in [0.2, 0.25) is 0 Å². The lowest BCUT2D eigenvalue weighted by atomic mass is 10.3. The molecule has 0 spiro atoms. The largest absolute Gasteiger partial charge is 0.350 e. The number of pyridine rings is 1. The Labute approximate surface area is 170 Å². The fourth-order valence-corrected chi connectivity index (χ4v) is 3.70. The molecule has 4 rings (SSSR count). The quantitative estimate of drug-likeness (QED) is 0.506. The normalized spacial score (nSPS) is 13.8. The average molecular weight is 410 g/mol. The molecule has 0 saturated heterocycles. The first-order valence-corrected chi connectivity index (χ1v) is 9.94. The maximum atomic E-state index is 12.5. The number of nitrogens with zero attached hydrogens (tertiary/aromatic N) is 5. The van der Waals surface area contributed by atoms with Crippen molar-refractivity contribution in [2.75, 3.05) is 30.3 Å². The summed E-state index contributed by atoms with van der Waals surface area (Å²) in [5, 5.41) is 5.55. The van der Waals surface area contributed by atoms with Gasteiger partial charge in [-0.3, -0.25) is 14.6 Å². The van der Waals surface area contributed by atoms with Crippen LogP contribution in [0, 0.1) is 0 Å². The van der Waals surface area contributed by atoms with Gasteiger partial charge >= 0.3 is 0 Å². The van der Waals surface area contributed by atoms with E-state index in [9.17, 15) is 9.59 Å². The van der Waals surface area contributed by atoms with Crippen molar-refractivity contribution in [2.45, 2.75) is 0 Å². The van der Waals surface area contributed by atoms with E-state index >= 15 is 0 Å². The second kappa shape index (κ2) is 8.69. The van der Waals surface area contributed by atoms with E-state index in [1.54, 1.807) is 36.9 Å². The Bertz CT molecular complexity index is 1050. The van der Waals surface area contributed by atoms with Gasteiger partial charge < -0.3 is 20.5 Å². The molecule has 0 atom stereocenters. The summed E-state index contributed by atoms with van der Waals surface area (Å²) in [6, 6.07) is 5.13. The first-order chi connectivity index (χ1) is 14.2. The molecule has 0 fully saturated rings. The molecule has 1 aliphatic rings. The van der Waals surface area contributed by atoms with Crippen LogP contribution in [0.3, 0.4) is 0 Å². The molecule has 29 heavy (non-hydrogen) atoms. The van der Waals surface area contributed by atoms with Gasteiger partial charge in [0.1, 0.15) is 17.5 Å². The number of anilines is 1. The molecule has 2 amide bonds. The smallest absolute Gasteiger partial charge is 0.269 e. The standard InChI is InChI=1S/C18H18N8O2S/c27-17(12-3-1-2-4-19-12)20-5-6-21-18(28)13-9-26(7-8-29-13)16-14-15(23-10-22-14)24-11-25-16/h1-4,9-11H,5-8H2,(H,20,27)(H,21,28)(H,22,23,24,25). The van der Waals surface area contributed by atoms with E-state index in [4.69, 9.17) is 0 Å². The molecule has 4 heterocycles. The fourth-order valence-electron chi connectivity index (χ4n) is 2.79. The maximum Gasteiger partial charge on any atom is 0.269 e. The topological polar surface area (TPSA) is 129 Å². The number of fused-ring (bicyclic) bond motifs is 1. The molecular formula is C18H18N8O2S. The Morgan fingerprint density at radius 2 is 1.97 bits per heavy atom. The first kappa shape index (κ1) is 18.9. The van der Waals surface area contributed by atoms with Gasteiger partial charge in [-0.2, -0.15) is 0 Å².